The first-order chi connectivity index (χ1) is 13.6. The third kappa shape index (κ3) is 3.99. The van der Waals surface area contributed by atoms with Crippen molar-refractivity contribution in [1.82, 2.24) is 19.9 Å². The Hall–Kier alpha value is -2.93. The van der Waals surface area contributed by atoms with Crippen LogP contribution >= 0.6 is 0 Å². The zero-order valence-corrected chi connectivity index (χ0v) is 16.1. The normalized spacial score (nSPS) is 16.4. The predicted octanol–water partition coefficient (Wildman–Crippen LogP) is 2.83. The Morgan fingerprint density at radius 3 is 3.07 bits per heavy atom. The standard InChI is InChI=1S/C21H24N4O3/c1-14-5-6-16(19(10-14)28-13-17-4-3-9-27-17)11-22-21(26)18-12-23-25-8-7-15(2)24-20(18)25/h5-8,10,12,17H,3-4,9,11,13H2,1-2H3,(H,22,26). The van der Waals surface area contributed by atoms with E-state index < -0.39 is 0 Å². The lowest BCUT2D eigenvalue weighted by molar-refractivity contribution is 0.0675. The van der Waals surface area contributed by atoms with Gasteiger partial charge in [0, 0.05) is 30.6 Å². The summed E-state index contributed by atoms with van der Waals surface area (Å²) >= 11 is 0. The minimum absolute atomic E-state index is 0.149. The van der Waals surface area contributed by atoms with Crippen molar-refractivity contribution in [1.29, 1.82) is 0 Å². The number of nitrogens with zero attached hydrogens (tertiary/aromatic N) is 3. The molecule has 1 aliphatic heterocycles. The topological polar surface area (TPSA) is 77.8 Å². The Balaban J connectivity index is 1.46. The minimum Gasteiger partial charge on any atom is -0.491 e. The molecule has 0 radical (unpaired) electrons. The molecule has 3 aromatic rings. The molecule has 0 spiro atoms. The van der Waals surface area contributed by atoms with Gasteiger partial charge in [0.05, 0.1) is 12.3 Å². The van der Waals surface area contributed by atoms with Gasteiger partial charge in [-0.05, 0) is 44.4 Å². The van der Waals surface area contributed by atoms with Crippen LogP contribution in [-0.2, 0) is 11.3 Å². The molecule has 1 unspecified atom stereocenters. The number of carbonyl (C=O) groups excluding carboxylic acids is 1. The maximum Gasteiger partial charge on any atom is 0.257 e. The molecular formula is C21H24N4O3. The van der Waals surface area contributed by atoms with Crippen molar-refractivity contribution >= 4 is 11.6 Å². The number of ether oxygens (including phenoxy) is 2. The maximum absolute atomic E-state index is 12.7. The molecule has 1 saturated heterocycles. The van der Waals surface area contributed by atoms with Crippen LogP contribution in [0, 0.1) is 13.8 Å². The number of hydrogen-bond donors (Lipinski definition) is 1. The summed E-state index contributed by atoms with van der Waals surface area (Å²) < 4.78 is 13.2. The molecule has 146 valence electrons. The molecule has 0 bridgehead atoms. The van der Waals surface area contributed by atoms with E-state index in [1.54, 1.807) is 16.9 Å². The van der Waals surface area contributed by atoms with Gasteiger partial charge >= 0.3 is 0 Å². The number of carbonyl (C=O) groups is 1. The van der Waals surface area contributed by atoms with Crippen molar-refractivity contribution in [2.75, 3.05) is 13.2 Å². The van der Waals surface area contributed by atoms with Gasteiger partial charge in [0.2, 0.25) is 0 Å². The molecule has 7 heteroatoms. The largest absolute Gasteiger partial charge is 0.491 e. The van der Waals surface area contributed by atoms with Crippen LogP contribution in [0.3, 0.4) is 0 Å². The first-order valence-corrected chi connectivity index (χ1v) is 9.53. The highest BCUT2D eigenvalue weighted by atomic mass is 16.5. The van der Waals surface area contributed by atoms with Crippen LogP contribution < -0.4 is 10.1 Å². The van der Waals surface area contributed by atoms with E-state index >= 15 is 0 Å². The van der Waals surface area contributed by atoms with Crippen molar-refractivity contribution in [3.8, 4) is 5.75 Å². The summed E-state index contributed by atoms with van der Waals surface area (Å²) in [6.45, 7) is 5.61. The number of aromatic nitrogens is 3. The molecule has 0 saturated carbocycles. The number of nitrogens with one attached hydrogen (secondary N) is 1. The van der Waals surface area contributed by atoms with Gasteiger partial charge in [-0.1, -0.05) is 12.1 Å². The first-order valence-electron chi connectivity index (χ1n) is 9.53. The molecule has 1 aliphatic rings. The van der Waals surface area contributed by atoms with Gasteiger partial charge in [-0.3, -0.25) is 4.79 Å². The van der Waals surface area contributed by atoms with Crippen LogP contribution in [0.5, 0.6) is 5.75 Å². The fourth-order valence-corrected chi connectivity index (χ4v) is 3.29. The lowest BCUT2D eigenvalue weighted by Gasteiger charge is -2.15. The zero-order chi connectivity index (χ0) is 19.5. The summed E-state index contributed by atoms with van der Waals surface area (Å²) in [5.41, 5.74) is 3.89. The summed E-state index contributed by atoms with van der Waals surface area (Å²) in [6, 6.07) is 7.85. The van der Waals surface area contributed by atoms with Gasteiger partial charge in [-0.25, -0.2) is 9.50 Å². The third-order valence-electron chi connectivity index (χ3n) is 4.86. The Morgan fingerprint density at radius 1 is 1.36 bits per heavy atom. The summed E-state index contributed by atoms with van der Waals surface area (Å²) in [4.78, 5) is 17.1. The van der Waals surface area contributed by atoms with E-state index in [1.807, 2.05) is 38.1 Å². The van der Waals surface area contributed by atoms with E-state index in [9.17, 15) is 4.79 Å². The second kappa shape index (κ2) is 7.98. The number of aryl methyl sites for hydroxylation is 2. The SMILES string of the molecule is Cc1ccc(CNC(=O)c2cnn3ccc(C)nc23)c(OCC2CCCO2)c1. The van der Waals surface area contributed by atoms with E-state index in [-0.39, 0.29) is 12.0 Å². The summed E-state index contributed by atoms with van der Waals surface area (Å²) in [5.74, 6) is 0.573. The van der Waals surface area contributed by atoms with Gasteiger partial charge in [0.1, 0.15) is 17.9 Å². The Morgan fingerprint density at radius 2 is 2.25 bits per heavy atom. The number of amides is 1. The number of benzene rings is 1. The van der Waals surface area contributed by atoms with Crippen LogP contribution in [-0.4, -0.2) is 39.8 Å². The number of hydrogen-bond acceptors (Lipinski definition) is 5. The molecule has 1 aromatic carbocycles. The van der Waals surface area contributed by atoms with Crippen molar-refractivity contribution in [3.05, 3.63) is 59.0 Å². The van der Waals surface area contributed by atoms with Crippen molar-refractivity contribution in [2.24, 2.45) is 0 Å². The molecule has 28 heavy (non-hydrogen) atoms. The molecule has 1 N–H and O–H groups in total. The highest BCUT2D eigenvalue weighted by molar-refractivity contribution is 5.99. The second-order valence-corrected chi connectivity index (χ2v) is 7.14. The summed E-state index contributed by atoms with van der Waals surface area (Å²) in [5, 5.41) is 7.15. The maximum atomic E-state index is 12.7. The van der Waals surface area contributed by atoms with Crippen molar-refractivity contribution in [2.45, 2.75) is 39.3 Å². The second-order valence-electron chi connectivity index (χ2n) is 7.14. The summed E-state index contributed by atoms with van der Waals surface area (Å²) in [6.07, 6.45) is 5.60. The Kier molecular flexibility index (Phi) is 5.25. The van der Waals surface area contributed by atoms with Gasteiger partial charge < -0.3 is 14.8 Å². The average molecular weight is 380 g/mol. The Bertz CT molecular complexity index is 992. The van der Waals surface area contributed by atoms with Crippen molar-refractivity contribution < 1.29 is 14.3 Å². The van der Waals surface area contributed by atoms with E-state index in [1.165, 1.54) is 0 Å². The van der Waals surface area contributed by atoms with E-state index in [0.29, 0.717) is 24.4 Å². The highest BCUT2D eigenvalue weighted by Gasteiger charge is 2.18. The van der Waals surface area contributed by atoms with Gasteiger partial charge in [0.15, 0.2) is 5.65 Å². The molecule has 4 rings (SSSR count). The molecule has 1 amide bonds. The number of rotatable bonds is 6. The first kappa shape index (κ1) is 18.4. The smallest absolute Gasteiger partial charge is 0.257 e. The van der Waals surface area contributed by atoms with Crippen LogP contribution in [0.2, 0.25) is 0 Å². The molecule has 1 atom stereocenters. The van der Waals surface area contributed by atoms with E-state index in [4.69, 9.17) is 9.47 Å². The molecule has 7 nitrogen and oxygen atoms in total. The van der Waals surface area contributed by atoms with Gasteiger partial charge in [0.25, 0.3) is 5.91 Å². The predicted molar refractivity (Wildman–Crippen MR) is 105 cm³/mol. The molecule has 2 aromatic heterocycles. The van der Waals surface area contributed by atoms with Crippen LogP contribution in [0.15, 0.2) is 36.7 Å². The fraction of sp³-hybridized carbons (Fsp3) is 0.381. The lowest BCUT2D eigenvalue weighted by Crippen LogP contribution is -2.24. The van der Waals surface area contributed by atoms with Crippen LogP contribution in [0.4, 0.5) is 0 Å². The van der Waals surface area contributed by atoms with Gasteiger partial charge in [-0.2, -0.15) is 5.10 Å². The molecule has 1 fully saturated rings. The Labute approximate surface area is 163 Å². The monoisotopic (exact) mass is 380 g/mol. The van der Waals surface area contributed by atoms with E-state index in [2.05, 4.69) is 15.4 Å². The summed E-state index contributed by atoms with van der Waals surface area (Å²) in [7, 11) is 0. The fourth-order valence-electron chi connectivity index (χ4n) is 3.29. The van der Waals surface area contributed by atoms with Crippen molar-refractivity contribution in [3.63, 3.8) is 0 Å². The number of fused-ring (bicyclic) bond motifs is 1. The third-order valence-corrected chi connectivity index (χ3v) is 4.86. The van der Waals surface area contributed by atoms with Gasteiger partial charge in [-0.15, -0.1) is 0 Å². The van der Waals surface area contributed by atoms with Crippen LogP contribution in [0.25, 0.3) is 5.65 Å². The zero-order valence-electron chi connectivity index (χ0n) is 16.1. The highest BCUT2D eigenvalue weighted by Crippen LogP contribution is 2.22. The van der Waals surface area contributed by atoms with E-state index in [0.717, 1.165) is 42.0 Å². The molecule has 0 aliphatic carbocycles. The average Bonchev–Trinajstić information content (AvgIpc) is 3.34. The molecule has 3 heterocycles. The quantitative estimate of drug-likeness (QED) is 0.711. The van der Waals surface area contributed by atoms with Crippen LogP contribution in [0.1, 0.15) is 40.0 Å². The minimum atomic E-state index is -0.209. The molecular weight excluding hydrogens is 356 g/mol. The lowest BCUT2D eigenvalue weighted by atomic mass is 10.1.